The fourth-order valence-corrected chi connectivity index (χ4v) is 1.75. The van der Waals surface area contributed by atoms with E-state index in [9.17, 15) is 9.59 Å². The molecule has 100 valence electrons. The van der Waals surface area contributed by atoms with Gasteiger partial charge in [-0.05, 0) is 19.1 Å². The maximum absolute atomic E-state index is 11.0. The lowest BCUT2D eigenvalue weighted by atomic mass is 10.2. The molecule has 0 saturated heterocycles. The summed E-state index contributed by atoms with van der Waals surface area (Å²) in [6.45, 7) is 1.77. The first-order valence-corrected chi connectivity index (χ1v) is 5.51. The van der Waals surface area contributed by atoms with Crippen molar-refractivity contribution >= 4 is 11.8 Å². The number of nitrogens with zero attached hydrogens (tertiary/aromatic N) is 1. The SMILES string of the molecule is Cc1ccc(C(CN)N(CC(N)=O)CC(N)=O)o1. The zero-order valence-electron chi connectivity index (χ0n) is 10.3. The summed E-state index contributed by atoms with van der Waals surface area (Å²) < 4.78 is 5.45. The summed E-state index contributed by atoms with van der Waals surface area (Å²) in [5.41, 5.74) is 15.9. The van der Waals surface area contributed by atoms with Crippen molar-refractivity contribution < 1.29 is 14.0 Å². The van der Waals surface area contributed by atoms with Crippen LogP contribution in [0.2, 0.25) is 0 Å². The van der Waals surface area contributed by atoms with Gasteiger partial charge in [0, 0.05) is 6.54 Å². The van der Waals surface area contributed by atoms with Crippen LogP contribution in [0.5, 0.6) is 0 Å². The summed E-state index contributed by atoms with van der Waals surface area (Å²) in [5.74, 6) is 0.190. The van der Waals surface area contributed by atoms with E-state index in [1.54, 1.807) is 19.1 Å². The lowest BCUT2D eigenvalue weighted by molar-refractivity contribution is -0.123. The number of aryl methyl sites for hydroxylation is 1. The number of nitrogens with two attached hydrogens (primary N) is 3. The fourth-order valence-electron chi connectivity index (χ4n) is 1.75. The van der Waals surface area contributed by atoms with Crippen molar-refractivity contribution in [1.29, 1.82) is 0 Å². The van der Waals surface area contributed by atoms with Crippen molar-refractivity contribution in [3.05, 3.63) is 23.7 Å². The Bertz CT molecular complexity index is 414. The van der Waals surface area contributed by atoms with Gasteiger partial charge in [-0.25, -0.2) is 0 Å². The molecular formula is C11H18N4O3. The largest absolute Gasteiger partial charge is 0.465 e. The van der Waals surface area contributed by atoms with Crippen molar-refractivity contribution in [2.75, 3.05) is 19.6 Å². The Balaban J connectivity index is 2.91. The van der Waals surface area contributed by atoms with E-state index in [2.05, 4.69) is 0 Å². The molecule has 0 aromatic carbocycles. The van der Waals surface area contributed by atoms with Gasteiger partial charge in [0.2, 0.25) is 11.8 Å². The molecule has 0 bridgehead atoms. The Kier molecular flexibility index (Phi) is 4.87. The molecule has 1 aromatic rings. The maximum atomic E-state index is 11.0. The van der Waals surface area contributed by atoms with E-state index in [0.29, 0.717) is 5.76 Å². The summed E-state index contributed by atoms with van der Waals surface area (Å²) in [5, 5.41) is 0. The third kappa shape index (κ3) is 3.86. The minimum atomic E-state index is -0.557. The van der Waals surface area contributed by atoms with Gasteiger partial charge in [0.25, 0.3) is 0 Å². The van der Waals surface area contributed by atoms with E-state index in [0.717, 1.165) is 5.76 Å². The zero-order valence-corrected chi connectivity index (χ0v) is 10.3. The van der Waals surface area contributed by atoms with Crippen LogP contribution in [-0.2, 0) is 9.59 Å². The minimum Gasteiger partial charge on any atom is -0.465 e. The van der Waals surface area contributed by atoms with Gasteiger partial charge < -0.3 is 21.6 Å². The highest BCUT2D eigenvalue weighted by atomic mass is 16.3. The summed E-state index contributed by atoms with van der Waals surface area (Å²) >= 11 is 0. The molecule has 7 nitrogen and oxygen atoms in total. The molecule has 0 aliphatic heterocycles. The first kappa shape index (κ1) is 14.2. The molecule has 0 aliphatic rings. The van der Waals surface area contributed by atoms with Gasteiger partial charge in [-0.15, -0.1) is 0 Å². The Morgan fingerprint density at radius 1 is 1.28 bits per heavy atom. The van der Waals surface area contributed by atoms with E-state index in [4.69, 9.17) is 21.6 Å². The Morgan fingerprint density at radius 3 is 2.17 bits per heavy atom. The molecule has 0 fully saturated rings. The van der Waals surface area contributed by atoms with Crippen LogP contribution in [0.4, 0.5) is 0 Å². The van der Waals surface area contributed by atoms with E-state index < -0.39 is 17.9 Å². The lowest BCUT2D eigenvalue weighted by Gasteiger charge is -2.26. The van der Waals surface area contributed by atoms with Crippen LogP contribution >= 0.6 is 0 Å². The number of rotatable bonds is 7. The Morgan fingerprint density at radius 2 is 1.83 bits per heavy atom. The fraction of sp³-hybridized carbons (Fsp3) is 0.455. The highest BCUT2D eigenvalue weighted by Crippen LogP contribution is 2.21. The number of carbonyl (C=O) groups excluding carboxylic acids is 2. The quantitative estimate of drug-likeness (QED) is 0.566. The number of amides is 2. The van der Waals surface area contributed by atoms with Crippen molar-refractivity contribution in [2.45, 2.75) is 13.0 Å². The molecule has 0 aliphatic carbocycles. The van der Waals surface area contributed by atoms with Crippen LogP contribution in [0.15, 0.2) is 16.5 Å². The van der Waals surface area contributed by atoms with Gasteiger partial charge in [0.05, 0.1) is 19.1 Å². The second kappa shape index (κ2) is 6.18. The van der Waals surface area contributed by atoms with Gasteiger partial charge in [-0.1, -0.05) is 0 Å². The monoisotopic (exact) mass is 254 g/mol. The third-order valence-corrected chi connectivity index (χ3v) is 2.47. The number of hydrogen-bond acceptors (Lipinski definition) is 5. The molecule has 0 spiro atoms. The number of carbonyl (C=O) groups is 2. The Hall–Kier alpha value is -1.86. The van der Waals surface area contributed by atoms with Crippen LogP contribution < -0.4 is 17.2 Å². The van der Waals surface area contributed by atoms with Crippen molar-refractivity contribution in [3.63, 3.8) is 0 Å². The minimum absolute atomic E-state index is 0.107. The van der Waals surface area contributed by atoms with Crippen molar-refractivity contribution in [3.8, 4) is 0 Å². The molecule has 2 amide bonds. The van der Waals surface area contributed by atoms with Gasteiger partial charge >= 0.3 is 0 Å². The summed E-state index contributed by atoms with van der Waals surface area (Å²) in [6, 6.07) is 3.13. The molecule has 7 heteroatoms. The second-order valence-electron chi connectivity index (χ2n) is 4.04. The van der Waals surface area contributed by atoms with Gasteiger partial charge in [0.1, 0.15) is 11.5 Å². The molecule has 0 radical (unpaired) electrons. The molecule has 6 N–H and O–H groups in total. The van der Waals surface area contributed by atoms with Gasteiger partial charge in [-0.3, -0.25) is 14.5 Å². The smallest absolute Gasteiger partial charge is 0.231 e. The van der Waals surface area contributed by atoms with Crippen LogP contribution in [0.25, 0.3) is 0 Å². The average Bonchev–Trinajstić information content (AvgIpc) is 2.64. The van der Waals surface area contributed by atoms with Crippen LogP contribution in [0.3, 0.4) is 0 Å². The predicted octanol–water partition coefficient (Wildman–Crippen LogP) is -1.14. The Labute approximate surface area is 105 Å². The molecule has 0 saturated carbocycles. The topological polar surface area (TPSA) is 129 Å². The second-order valence-corrected chi connectivity index (χ2v) is 4.04. The van der Waals surface area contributed by atoms with Gasteiger partial charge in [-0.2, -0.15) is 0 Å². The summed E-state index contributed by atoms with van der Waals surface area (Å²) in [6.07, 6.45) is 0. The number of hydrogen-bond donors (Lipinski definition) is 3. The maximum Gasteiger partial charge on any atom is 0.231 e. The first-order chi connectivity index (χ1) is 8.43. The van der Waals surface area contributed by atoms with E-state index in [-0.39, 0.29) is 19.6 Å². The molecule has 1 heterocycles. The molecule has 1 aromatic heterocycles. The van der Waals surface area contributed by atoms with Crippen LogP contribution in [0.1, 0.15) is 17.6 Å². The van der Waals surface area contributed by atoms with Crippen molar-refractivity contribution in [2.24, 2.45) is 17.2 Å². The third-order valence-electron chi connectivity index (χ3n) is 2.47. The summed E-state index contributed by atoms with van der Waals surface area (Å²) in [4.78, 5) is 23.5. The zero-order chi connectivity index (χ0) is 13.7. The predicted molar refractivity (Wildman–Crippen MR) is 65.2 cm³/mol. The van der Waals surface area contributed by atoms with Gasteiger partial charge in [0.15, 0.2) is 0 Å². The molecule has 18 heavy (non-hydrogen) atoms. The highest BCUT2D eigenvalue weighted by Gasteiger charge is 2.24. The molecular weight excluding hydrogens is 236 g/mol. The van der Waals surface area contributed by atoms with E-state index >= 15 is 0 Å². The van der Waals surface area contributed by atoms with Crippen molar-refractivity contribution in [1.82, 2.24) is 4.90 Å². The van der Waals surface area contributed by atoms with Crippen LogP contribution in [-0.4, -0.2) is 36.3 Å². The molecule has 1 rings (SSSR count). The number of furan rings is 1. The normalized spacial score (nSPS) is 12.6. The van der Waals surface area contributed by atoms with E-state index in [1.807, 2.05) is 0 Å². The summed E-state index contributed by atoms with van der Waals surface area (Å²) in [7, 11) is 0. The molecule has 1 unspecified atom stereocenters. The highest BCUT2D eigenvalue weighted by molar-refractivity contribution is 5.79. The van der Waals surface area contributed by atoms with Crippen LogP contribution in [0, 0.1) is 6.92 Å². The lowest BCUT2D eigenvalue weighted by Crippen LogP contribution is -2.44. The standard InChI is InChI=1S/C11H18N4O3/c1-7-2-3-9(18-7)8(4-12)15(5-10(13)16)6-11(14)17/h2-3,8H,4-6,12H2,1H3,(H2,13,16)(H2,14,17). The number of primary amides is 2. The van der Waals surface area contributed by atoms with E-state index in [1.165, 1.54) is 4.90 Å². The first-order valence-electron chi connectivity index (χ1n) is 5.51. The average molecular weight is 254 g/mol. The molecule has 1 atom stereocenters.